The van der Waals surface area contributed by atoms with Crippen molar-refractivity contribution in [1.82, 2.24) is 10.2 Å². The van der Waals surface area contributed by atoms with Crippen LogP contribution in [-0.4, -0.2) is 36.2 Å². The van der Waals surface area contributed by atoms with Crippen LogP contribution in [0.1, 0.15) is 38.3 Å². The Balaban J connectivity index is 1.65. The quantitative estimate of drug-likeness (QED) is 0.866. The Morgan fingerprint density at radius 3 is 2.76 bits per heavy atom. The van der Waals surface area contributed by atoms with Gasteiger partial charge in [0.1, 0.15) is 0 Å². The Labute approximate surface area is 132 Å². The lowest BCUT2D eigenvalue weighted by molar-refractivity contribution is 0.210. The summed E-state index contributed by atoms with van der Waals surface area (Å²) in [6.07, 6.45) is 4.74. The van der Waals surface area contributed by atoms with Crippen molar-refractivity contribution < 1.29 is 0 Å². The van der Waals surface area contributed by atoms with Gasteiger partial charge in [0.25, 0.3) is 0 Å². The van der Waals surface area contributed by atoms with Gasteiger partial charge in [-0.3, -0.25) is 4.99 Å². The standard InChI is InChI=1S/C17H25N3S/c1-12-4-7-15-10-18-17(20(15)11-12)19-13(2)14-5-8-16(21-3)9-6-14/h5-6,8-9,12-13,15H,4,7,10-11H2,1-3H3,(H,18,19)/t12?,13-,15?/m1/s1. The van der Waals surface area contributed by atoms with E-state index in [-0.39, 0.29) is 0 Å². The van der Waals surface area contributed by atoms with E-state index in [1.807, 2.05) is 0 Å². The van der Waals surface area contributed by atoms with Crippen LogP contribution in [0.5, 0.6) is 0 Å². The molecule has 1 fully saturated rings. The second kappa shape index (κ2) is 6.30. The number of fused-ring (bicyclic) bond motifs is 1. The van der Waals surface area contributed by atoms with Gasteiger partial charge in [0.05, 0.1) is 18.6 Å². The smallest absolute Gasteiger partial charge is 0.194 e. The molecule has 1 aromatic carbocycles. The van der Waals surface area contributed by atoms with Crippen molar-refractivity contribution in [2.24, 2.45) is 10.9 Å². The molecule has 2 unspecified atom stereocenters. The number of hydrogen-bond donors (Lipinski definition) is 1. The van der Waals surface area contributed by atoms with E-state index in [1.54, 1.807) is 11.8 Å². The predicted molar refractivity (Wildman–Crippen MR) is 91.0 cm³/mol. The number of rotatable bonds is 3. The van der Waals surface area contributed by atoms with Crippen molar-refractivity contribution in [3.8, 4) is 0 Å². The number of nitrogens with one attached hydrogen (secondary N) is 1. The summed E-state index contributed by atoms with van der Waals surface area (Å²) in [6, 6.07) is 9.76. The molecule has 0 bridgehead atoms. The fourth-order valence-corrected chi connectivity index (χ4v) is 3.65. The van der Waals surface area contributed by atoms with E-state index in [1.165, 1.54) is 23.3 Å². The molecule has 3 rings (SSSR count). The average molecular weight is 303 g/mol. The predicted octanol–water partition coefficient (Wildman–Crippen LogP) is 3.53. The molecule has 1 aromatic rings. The molecule has 1 N–H and O–H groups in total. The van der Waals surface area contributed by atoms with Gasteiger partial charge < -0.3 is 10.2 Å². The lowest BCUT2D eigenvalue weighted by Gasteiger charge is -2.36. The summed E-state index contributed by atoms with van der Waals surface area (Å²) in [4.78, 5) is 8.54. The minimum Gasteiger partial charge on any atom is -0.350 e. The molecule has 21 heavy (non-hydrogen) atoms. The summed E-state index contributed by atoms with van der Waals surface area (Å²) in [5.41, 5.74) is 1.32. The van der Waals surface area contributed by atoms with Crippen molar-refractivity contribution in [1.29, 1.82) is 0 Å². The summed E-state index contributed by atoms with van der Waals surface area (Å²) in [7, 11) is 0. The van der Waals surface area contributed by atoms with Crippen LogP contribution in [0, 0.1) is 5.92 Å². The minimum absolute atomic E-state index is 0.302. The highest BCUT2D eigenvalue weighted by atomic mass is 32.2. The topological polar surface area (TPSA) is 27.6 Å². The minimum atomic E-state index is 0.302. The zero-order chi connectivity index (χ0) is 14.8. The second-order valence-corrected chi connectivity index (χ2v) is 7.17. The fraction of sp³-hybridized carbons (Fsp3) is 0.588. The number of hydrogen-bond acceptors (Lipinski definition) is 4. The second-order valence-electron chi connectivity index (χ2n) is 6.29. The molecule has 0 amide bonds. The van der Waals surface area contributed by atoms with Gasteiger partial charge in [-0.25, -0.2) is 0 Å². The fourth-order valence-electron chi connectivity index (χ4n) is 3.24. The molecule has 0 radical (unpaired) electrons. The van der Waals surface area contributed by atoms with Crippen LogP contribution in [0.2, 0.25) is 0 Å². The van der Waals surface area contributed by atoms with Gasteiger partial charge in [-0.05, 0) is 49.6 Å². The Bertz CT molecular complexity index is 511. The molecular formula is C17H25N3S. The highest BCUT2D eigenvalue weighted by molar-refractivity contribution is 7.98. The van der Waals surface area contributed by atoms with E-state index in [9.17, 15) is 0 Å². The maximum Gasteiger partial charge on any atom is 0.194 e. The van der Waals surface area contributed by atoms with Crippen LogP contribution in [0.3, 0.4) is 0 Å². The highest BCUT2D eigenvalue weighted by Gasteiger charge is 2.33. The highest BCUT2D eigenvalue weighted by Crippen LogP contribution is 2.26. The first-order valence-corrected chi connectivity index (χ1v) is 9.11. The first-order valence-electron chi connectivity index (χ1n) is 7.89. The van der Waals surface area contributed by atoms with Crippen molar-refractivity contribution >= 4 is 17.7 Å². The molecule has 0 saturated carbocycles. The van der Waals surface area contributed by atoms with Crippen LogP contribution >= 0.6 is 11.8 Å². The largest absolute Gasteiger partial charge is 0.350 e. The number of aliphatic imine (C=N–C) groups is 1. The lowest BCUT2D eigenvalue weighted by atomic mass is 9.95. The van der Waals surface area contributed by atoms with Crippen LogP contribution in [0.25, 0.3) is 0 Å². The van der Waals surface area contributed by atoms with Crippen LogP contribution < -0.4 is 5.32 Å². The Morgan fingerprint density at radius 2 is 2.05 bits per heavy atom. The Kier molecular flexibility index (Phi) is 4.43. The molecule has 2 heterocycles. The molecule has 0 aromatic heterocycles. The van der Waals surface area contributed by atoms with Crippen LogP contribution in [-0.2, 0) is 0 Å². The summed E-state index contributed by atoms with van der Waals surface area (Å²) >= 11 is 1.78. The van der Waals surface area contributed by atoms with Gasteiger partial charge >= 0.3 is 0 Å². The van der Waals surface area contributed by atoms with Crippen molar-refractivity contribution in [2.45, 2.75) is 43.7 Å². The van der Waals surface area contributed by atoms with Gasteiger partial charge in [0.2, 0.25) is 0 Å². The molecule has 3 nitrogen and oxygen atoms in total. The molecule has 1 saturated heterocycles. The Morgan fingerprint density at radius 1 is 1.29 bits per heavy atom. The number of benzene rings is 1. The SMILES string of the molecule is CSc1ccc([C@@H](C)NC2=NCC3CCC(C)CN23)cc1. The summed E-state index contributed by atoms with van der Waals surface area (Å²) < 4.78 is 0. The van der Waals surface area contributed by atoms with E-state index in [0.717, 1.165) is 25.0 Å². The van der Waals surface area contributed by atoms with Gasteiger partial charge in [0.15, 0.2) is 5.96 Å². The van der Waals surface area contributed by atoms with E-state index >= 15 is 0 Å². The van der Waals surface area contributed by atoms with E-state index in [4.69, 9.17) is 4.99 Å². The van der Waals surface area contributed by atoms with E-state index in [0.29, 0.717) is 12.1 Å². The number of thioether (sulfide) groups is 1. The summed E-state index contributed by atoms with van der Waals surface area (Å²) in [6.45, 7) is 6.68. The van der Waals surface area contributed by atoms with Crippen molar-refractivity contribution in [3.05, 3.63) is 29.8 Å². The maximum atomic E-state index is 4.74. The van der Waals surface area contributed by atoms with Gasteiger partial charge in [-0.1, -0.05) is 19.1 Å². The number of piperidine rings is 1. The van der Waals surface area contributed by atoms with Crippen molar-refractivity contribution in [3.63, 3.8) is 0 Å². The molecule has 114 valence electrons. The monoisotopic (exact) mass is 303 g/mol. The average Bonchev–Trinajstić information content (AvgIpc) is 2.89. The third kappa shape index (κ3) is 3.20. The van der Waals surface area contributed by atoms with E-state index in [2.05, 4.69) is 54.6 Å². The van der Waals surface area contributed by atoms with Gasteiger partial charge in [-0.2, -0.15) is 0 Å². The summed E-state index contributed by atoms with van der Waals surface area (Å²) in [5, 5.41) is 3.62. The molecule has 4 heteroatoms. The van der Waals surface area contributed by atoms with Crippen LogP contribution in [0.15, 0.2) is 34.2 Å². The molecule has 3 atom stereocenters. The first-order chi connectivity index (χ1) is 10.2. The van der Waals surface area contributed by atoms with E-state index < -0.39 is 0 Å². The van der Waals surface area contributed by atoms with Crippen molar-refractivity contribution in [2.75, 3.05) is 19.3 Å². The number of guanidine groups is 1. The zero-order valence-corrected chi connectivity index (χ0v) is 14.0. The van der Waals surface area contributed by atoms with Gasteiger partial charge in [0, 0.05) is 11.4 Å². The lowest BCUT2D eigenvalue weighted by Crippen LogP contribution is -2.48. The number of nitrogens with zero attached hydrogens (tertiary/aromatic N) is 2. The normalized spacial score (nSPS) is 26.2. The third-order valence-corrected chi connectivity index (χ3v) is 5.37. The molecule has 0 aliphatic carbocycles. The summed E-state index contributed by atoms with van der Waals surface area (Å²) in [5.74, 6) is 1.88. The third-order valence-electron chi connectivity index (χ3n) is 4.63. The van der Waals surface area contributed by atoms with Crippen LogP contribution in [0.4, 0.5) is 0 Å². The molecule has 2 aliphatic rings. The molecule has 2 aliphatic heterocycles. The maximum absolute atomic E-state index is 4.74. The zero-order valence-electron chi connectivity index (χ0n) is 13.2. The Hall–Kier alpha value is -1.16. The molecular weight excluding hydrogens is 278 g/mol. The van der Waals surface area contributed by atoms with Gasteiger partial charge in [-0.15, -0.1) is 11.8 Å². The first kappa shape index (κ1) is 14.8. The molecule has 0 spiro atoms.